The monoisotopic (exact) mass is 246 g/mol. The van der Waals surface area contributed by atoms with E-state index in [9.17, 15) is 18.3 Å². The van der Waals surface area contributed by atoms with Gasteiger partial charge in [0.25, 0.3) is 0 Å². The maximum absolute atomic E-state index is 13.3. The number of aromatic nitrogens is 2. The fourth-order valence-electron chi connectivity index (χ4n) is 1.20. The van der Waals surface area contributed by atoms with E-state index in [0.717, 1.165) is 23.7 Å². The molecular formula is C9H5F3N2OS. The fraction of sp³-hybridized carbons (Fsp3) is 0.111. The molecule has 0 saturated heterocycles. The largest absolute Gasteiger partial charge is 0.382 e. The molecule has 0 radical (unpaired) electrons. The molecule has 16 heavy (non-hydrogen) atoms. The Balaban J connectivity index is 2.45. The summed E-state index contributed by atoms with van der Waals surface area (Å²) in [7, 11) is 0. The highest BCUT2D eigenvalue weighted by Gasteiger charge is 2.21. The van der Waals surface area contributed by atoms with Gasteiger partial charge in [0.05, 0.1) is 0 Å². The quantitative estimate of drug-likeness (QED) is 0.825. The summed E-state index contributed by atoms with van der Waals surface area (Å²) in [6.07, 6.45) is -1.45. The van der Waals surface area contributed by atoms with E-state index in [2.05, 4.69) is 9.59 Å². The van der Waals surface area contributed by atoms with Gasteiger partial charge in [-0.3, -0.25) is 0 Å². The van der Waals surface area contributed by atoms with Crippen molar-refractivity contribution in [1.82, 2.24) is 9.59 Å². The molecule has 1 aromatic carbocycles. The van der Waals surface area contributed by atoms with E-state index in [1.54, 1.807) is 0 Å². The van der Waals surface area contributed by atoms with Crippen LogP contribution >= 0.6 is 11.5 Å². The van der Waals surface area contributed by atoms with Crippen molar-refractivity contribution in [3.05, 3.63) is 46.2 Å². The van der Waals surface area contributed by atoms with Crippen molar-refractivity contribution in [2.24, 2.45) is 0 Å². The molecule has 1 N–H and O–H groups in total. The Morgan fingerprint density at radius 2 is 1.94 bits per heavy atom. The molecule has 84 valence electrons. The highest BCUT2D eigenvalue weighted by atomic mass is 32.1. The number of aliphatic hydroxyl groups excluding tert-OH is 1. The van der Waals surface area contributed by atoms with Crippen LogP contribution in [0.1, 0.15) is 17.4 Å². The van der Waals surface area contributed by atoms with Gasteiger partial charge in [-0.1, -0.05) is 4.49 Å². The summed E-state index contributed by atoms with van der Waals surface area (Å²) in [6, 6.07) is 1.72. The van der Waals surface area contributed by atoms with Gasteiger partial charge in [0, 0.05) is 10.9 Å². The minimum Gasteiger partial charge on any atom is -0.382 e. The zero-order valence-electron chi connectivity index (χ0n) is 7.69. The number of hydrogen-bond acceptors (Lipinski definition) is 4. The predicted octanol–water partition coefficient (Wildman–Crippen LogP) is 2.04. The second-order valence-corrected chi connectivity index (χ2v) is 3.61. The molecule has 1 unspecified atom stereocenters. The normalized spacial score (nSPS) is 12.8. The summed E-state index contributed by atoms with van der Waals surface area (Å²) in [5, 5.41) is 14.6. The molecule has 0 fully saturated rings. The van der Waals surface area contributed by atoms with Crippen molar-refractivity contribution >= 4 is 11.5 Å². The van der Waals surface area contributed by atoms with E-state index < -0.39 is 23.6 Å². The lowest BCUT2D eigenvalue weighted by atomic mass is 10.1. The third-order valence-electron chi connectivity index (χ3n) is 2.02. The molecule has 1 aromatic heterocycles. The number of benzene rings is 1. The number of rotatable bonds is 2. The van der Waals surface area contributed by atoms with Gasteiger partial charge in [-0.15, -0.1) is 5.10 Å². The molecule has 2 rings (SSSR count). The number of aliphatic hydroxyl groups is 1. The van der Waals surface area contributed by atoms with Gasteiger partial charge in [-0.25, -0.2) is 13.2 Å². The van der Waals surface area contributed by atoms with E-state index in [1.165, 1.54) is 5.38 Å². The zero-order chi connectivity index (χ0) is 11.7. The van der Waals surface area contributed by atoms with Gasteiger partial charge in [-0.05, 0) is 23.7 Å². The lowest BCUT2D eigenvalue weighted by molar-refractivity contribution is 0.207. The van der Waals surface area contributed by atoms with Crippen LogP contribution < -0.4 is 0 Å². The van der Waals surface area contributed by atoms with Gasteiger partial charge >= 0.3 is 0 Å². The van der Waals surface area contributed by atoms with Crippen LogP contribution in [0.2, 0.25) is 0 Å². The average Bonchev–Trinajstić information content (AvgIpc) is 2.79. The lowest BCUT2D eigenvalue weighted by Crippen LogP contribution is -2.06. The van der Waals surface area contributed by atoms with Crippen LogP contribution in [0.4, 0.5) is 13.2 Å². The smallest absolute Gasteiger partial charge is 0.194 e. The van der Waals surface area contributed by atoms with E-state index in [-0.39, 0.29) is 11.3 Å². The summed E-state index contributed by atoms with van der Waals surface area (Å²) in [4.78, 5) is 0. The molecule has 0 amide bonds. The van der Waals surface area contributed by atoms with Crippen LogP contribution in [0.15, 0.2) is 17.5 Å². The van der Waals surface area contributed by atoms with E-state index in [1.807, 2.05) is 0 Å². The fourth-order valence-corrected chi connectivity index (χ4v) is 1.67. The van der Waals surface area contributed by atoms with Crippen LogP contribution in [-0.4, -0.2) is 14.7 Å². The van der Waals surface area contributed by atoms with Crippen molar-refractivity contribution in [2.45, 2.75) is 6.10 Å². The molecule has 7 heteroatoms. The van der Waals surface area contributed by atoms with Crippen molar-refractivity contribution in [3.8, 4) is 0 Å². The van der Waals surface area contributed by atoms with Gasteiger partial charge in [-0.2, -0.15) is 0 Å². The number of nitrogens with zero attached hydrogens (tertiary/aromatic N) is 2. The second-order valence-electron chi connectivity index (χ2n) is 3.00. The summed E-state index contributed by atoms with van der Waals surface area (Å²) < 4.78 is 42.3. The van der Waals surface area contributed by atoms with Gasteiger partial charge in [0.2, 0.25) is 0 Å². The Morgan fingerprint density at radius 3 is 2.56 bits per heavy atom. The summed E-state index contributed by atoms with van der Waals surface area (Å²) in [5.74, 6) is -4.33. The molecule has 0 aliphatic rings. The Labute approximate surface area is 92.3 Å². The van der Waals surface area contributed by atoms with Crippen LogP contribution in [0, 0.1) is 17.5 Å². The standard InChI is InChI=1S/C9H5F3N2OS/c10-5-2-1-4(7(11)8(5)12)9(15)6-3-16-14-13-6/h1-3,9,15H. The van der Waals surface area contributed by atoms with Crippen LogP contribution in [0.3, 0.4) is 0 Å². The molecule has 2 aromatic rings. The van der Waals surface area contributed by atoms with Crippen molar-refractivity contribution in [2.75, 3.05) is 0 Å². The van der Waals surface area contributed by atoms with Gasteiger partial charge < -0.3 is 5.11 Å². The molecule has 0 aliphatic heterocycles. The third kappa shape index (κ3) is 1.79. The Kier molecular flexibility index (Phi) is 2.88. The molecule has 0 aliphatic carbocycles. The molecular weight excluding hydrogens is 241 g/mol. The molecule has 3 nitrogen and oxygen atoms in total. The highest BCUT2D eigenvalue weighted by Crippen LogP contribution is 2.25. The summed E-state index contributed by atoms with van der Waals surface area (Å²) >= 11 is 0.964. The van der Waals surface area contributed by atoms with E-state index in [4.69, 9.17) is 0 Å². The minimum atomic E-state index is -1.61. The van der Waals surface area contributed by atoms with Crippen LogP contribution in [-0.2, 0) is 0 Å². The second kappa shape index (κ2) is 4.18. The zero-order valence-corrected chi connectivity index (χ0v) is 8.51. The van der Waals surface area contributed by atoms with Crippen molar-refractivity contribution < 1.29 is 18.3 Å². The highest BCUT2D eigenvalue weighted by molar-refractivity contribution is 7.03. The van der Waals surface area contributed by atoms with Crippen LogP contribution in [0.25, 0.3) is 0 Å². The van der Waals surface area contributed by atoms with Crippen LogP contribution in [0.5, 0.6) is 0 Å². The predicted molar refractivity (Wildman–Crippen MR) is 50.3 cm³/mol. The average molecular weight is 246 g/mol. The molecule has 1 heterocycles. The Hall–Kier alpha value is -1.47. The lowest BCUT2D eigenvalue weighted by Gasteiger charge is -2.09. The summed E-state index contributed by atoms with van der Waals surface area (Å²) in [6.45, 7) is 0. The topological polar surface area (TPSA) is 46.0 Å². The first kappa shape index (κ1) is 11.0. The number of hydrogen-bond donors (Lipinski definition) is 1. The maximum Gasteiger partial charge on any atom is 0.194 e. The number of halogens is 3. The maximum atomic E-state index is 13.3. The Bertz CT molecular complexity index is 504. The minimum absolute atomic E-state index is 0.0925. The third-order valence-corrected chi connectivity index (χ3v) is 2.54. The van der Waals surface area contributed by atoms with Gasteiger partial charge in [0.1, 0.15) is 11.8 Å². The van der Waals surface area contributed by atoms with Crippen molar-refractivity contribution in [1.29, 1.82) is 0 Å². The molecule has 0 saturated carbocycles. The first-order chi connectivity index (χ1) is 7.61. The SMILES string of the molecule is OC(c1csnn1)c1ccc(F)c(F)c1F. The molecule has 0 bridgehead atoms. The van der Waals surface area contributed by atoms with E-state index in [0.29, 0.717) is 0 Å². The van der Waals surface area contributed by atoms with Crippen molar-refractivity contribution in [3.63, 3.8) is 0 Å². The molecule has 0 spiro atoms. The first-order valence-electron chi connectivity index (χ1n) is 4.19. The first-order valence-corrected chi connectivity index (χ1v) is 5.03. The van der Waals surface area contributed by atoms with Gasteiger partial charge in [0.15, 0.2) is 17.5 Å². The summed E-state index contributed by atoms with van der Waals surface area (Å²) in [5.41, 5.74) is -0.276. The van der Waals surface area contributed by atoms with E-state index >= 15 is 0 Å². The molecule has 1 atom stereocenters. The Morgan fingerprint density at radius 1 is 1.19 bits per heavy atom.